The van der Waals surface area contributed by atoms with Crippen LogP contribution in [0, 0.1) is 12.8 Å². The van der Waals surface area contributed by atoms with Gasteiger partial charge in [0, 0.05) is 29.5 Å². The Labute approximate surface area is 184 Å². The lowest BCUT2D eigenvalue weighted by molar-refractivity contribution is -0.127. The lowest BCUT2D eigenvalue weighted by Crippen LogP contribution is -2.45. The summed E-state index contributed by atoms with van der Waals surface area (Å²) >= 11 is 6.10. The van der Waals surface area contributed by atoms with Crippen molar-refractivity contribution in [3.8, 4) is 5.75 Å². The monoisotopic (exact) mass is 426 g/mol. The van der Waals surface area contributed by atoms with E-state index in [1.165, 1.54) is 11.1 Å². The standard InChI is InChI=1S/C25H31ClN2O2/c1-17-7-8-21-22(15-25(2,3)30-23(21)13-17)27-24(29)19-9-11-28(12-10-19)16-18-5-4-6-20(26)14-18/h4-8,13-14,19,22H,9-12,15-16H2,1-3H3,(H,27,29). The fraction of sp³-hybridized carbons (Fsp3) is 0.480. The molecule has 30 heavy (non-hydrogen) atoms. The van der Waals surface area contributed by atoms with E-state index in [0.29, 0.717) is 0 Å². The molecular weight excluding hydrogens is 396 g/mol. The molecule has 1 unspecified atom stereocenters. The molecular formula is C25H31ClN2O2. The fourth-order valence-electron chi connectivity index (χ4n) is 4.62. The van der Waals surface area contributed by atoms with E-state index in [4.69, 9.17) is 16.3 Å². The van der Waals surface area contributed by atoms with Crippen molar-refractivity contribution in [1.29, 1.82) is 0 Å². The summed E-state index contributed by atoms with van der Waals surface area (Å²) in [6.45, 7) is 8.99. The highest BCUT2D eigenvalue weighted by atomic mass is 35.5. The van der Waals surface area contributed by atoms with Gasteiger partial charge in [0.05, 0.1) is 6.04 Å². The van der Waals surface area contributed by atoms with Crippen molar-refractivity contribution in [2.24, 2.45) is 5.92 Å². The Balaban J connectivity index is 1.36. The Morgan fingerprint density at radius 2 is 1.97 bits per heavy atom. The van der Waals surface area contributed by atoms with E-state index < -0.39 is 0 Å². The van der Waals surface area contributed by atoms with Gasteiger partial charge in [-0.2, -0.15) is 0 Å². The summed E-state index contributed by atoms with van der Waals surface area (Å²) in [5, 5.41) is 4.11. The third kappa shape index (κ3) is 4.98. The van der Waals surface area contributed by atoms with Crippen LogP contribution in [0.15, 0.2) is 42.5 Å². The summed E-state index contributed by atoms with van der Waals surface area (Å²) in [4.78, 5) is 15.5. The van der Waals surface area contributed by atoms with Gasteiger partial charge in [-0.05, 0) is 76.0 Å². The maximum absolute atomic E-state index is 13.1. The first-order valence-electron chi connectivity index (χ1n) is 10.9. The minimum atomic E-state index is -0.293. The van der Waals surface area contributed by atoms with Gasteiger partial charge in [-0.25, -0.2) is 0 Å². The van der Waals surface area contributed by atoms with Gasteiger partial charge in [-0.15, -0.1) is 0 Å². The van der Waals surface area contributed by atoms with Crippen molar-refractivity contribution in [1.82, 2.24) is 10.2 Å². The van der Waals surface area contributed by atoms with Crippen molar-refractivity contribution in [2.45, 2.75) is 58.2 Å². The number of amides is 1. The first-order valence-corrected chi connectivity index (χ1v) is 11.2. The highest BCUT2D eigenvalue weighted by Gasteiger charge is 2.36. The Bertz CT molecular complexity index is 919. The zero-order chi connectivity index (χ0) is 21.3. The molecule has 2 aliphatic heterocycles. The molecule has 0 bridgehead atoms. The molecule has 1 amide bonds. The molecule has 2 aliphatic rings. The zero-order valence-electron chi connectivity index (χ0n) is 18.1. The number of rotatable bonds is 4. The largest absolute Gasteiger partial charge is 0.487 e. The average molecular weight is 427 g/mol. The van der Waals surface area contributed by atoms with Crippen molar-refractivity contribution in [2.75, 3.05) is 13.1 Å². The molecule has 4 nitrogen and oxygen atoms in total. The Hall–Kier alpha value is -2.04. The average Bonchev–Trinajstić information content (AvgIpc) is 2.67. The molecule has 2 aromatic carbocycles. The molecule has 1 saturated heterocycles. The number of likely N-dealkylation sites (tertiary alicyclic amines) is 1. The van der Waals surface area contributed by atoms with Crippen LogP contribution in [0.2, 0.25) is 5.02 Å². The van der Waals surface area contributed by atoms with Gasteiger partial charge >= 0.3 is 0 Å². The van der Waals surface area contributed by atoms with E-state index >= 15 is 0 Å². The fourth-order valence-corrected chi connectivity index (χ4v) is 4.84. The smallest absolute Gasteiger partial charge is 0.223 e. The summed E-state index contributed by atoms with van der Waals surface area (Å²) in [6, 6.07) is 14.3. The van der Waals surface area contributed by atoms with Crippen LogP contribution < -0.4 is 10.1 Å². The van der Waals surface area contributed by atoms with Crippen LogP contribution in [0.4, 0.5) is 0 Å². The minimum absolute atomic E-state index is 0.00124. The van der Waals surface area contributed by atoms with E-state index in [0.717, 1.165) is 55.2 Å². The number of nitrogens with zero attached hydrogens (tertiary/aromatic N) is 1. The van der Waals surface area contributed by atoms with Crippen LogP contribution in [0.3, 0.4) is 0 Å². The Kier molecular flexibility index (Phi) is 6.08. The van der Waals surface area contributed by atoms with E-state index in [1.54, 1.807) is 0 Å². The van der Waals surface area contributed by atoms with Crippen molar-refractivity contribution in [3.05, 3.63) is 64.2 Å². The predicted octanol–water partition coefficient (Wildman–Crippen LogP) is 5.28. The van der Waals surface area contributed by atoms with Crippen LogP contribution in [-0.2, 0) is 11.3 Å². The highest BCUT2D eigenvalue weighted by molar-refractivity contribution is 6.30. The molecule has 0 aromatic heterocycles. The molecule has 2 heterocycles. The van der Waals surface area contributed by atoms with Crippen LogP contribution >= 0.6 is 11.6 Å². The topological polar surface area (TPSA) is 41.6 Å². The van der Waals surface area contributed by atoms with Crippen LogP contribution in [0.25, 0.3) is 0 Å². The first kappa shape index (κ1) is 21.2. The van der Waals surface area contributed by atoms with Gasteiger partial charge in [-0.3, -0.25) is 9.69 Å². The maximum atomic E-state index is 13.1. The van der Waals surface area contributed by atoms with Gasteiger partial charge < -0.3 is 10.1 Å². The van der Waals surface area contributed by atoms with Crippen LogP contribution in [-0.4, -0.2) is 29.5 Å². The number of carbonyl (C=O) groups excluding carboxylic acids is 1. The lowest BCUT2D eigenvalue weighted by atomic mass is 9.88. The normalized spacial score (nSPS) is 21.5. The van der Waals surface area contributed by atoms with Crippen LogP contribution in [0.5, 0.6) is 5.75 Å². The Morgan fingerprint density at radius 1 is 1.20 bits per heavy atom. The number of aryl methyl sites for hydroxylation is 1. The Morgan fingerprint density at radius 3 is 2.70 bits per heavy atom. The summed E-state index contributed by atoms with van der Waals surface area (Å²) < 4.78 is 6.17. The summed E-state index contributed by atoms with van der Waals surface area (Å²) in [7, 11) is 0. The van der Waals surface area contributed by atoms with Crippen LogP contribution in [0.1, 0.15) is 55.8 Å². The third-order valence-corrected chi connectivity index (χ3v) is 6.43. The number of carbonyl (C=O) groups is 1. The van der Waals surface area contributed by atoms with E-state index in [1.807, 2.05) is 18.2 Å². The van der Waals surface area contributed by atoms with Gasteiger partial charge in [0.25, 0.3) is 0 Å². The summed E-state index contributed by atoms with van der Waals surface area (Å²) in [6.07, 6.45) is 2.56. The molecule has 1 fully saturated rings. The second kappa shape index (κ2) is 8.60. The molecule has 0 spiro atoms. The number of hydrogen-bond acceptors (Lipinski definition) is 3. The molecule has 5 heteroatoms. The third-order valence-electron chi connectivity index (χ3n) is 6.20. The molecule has 160 valence electrons. The quantitative estimate of drug-likeness (QED) is 0.723. The highest BCUT2D eigenvalue weighted by Crippen LogP contribution is 2.40. The number of nitrogens with one attached hydrogen (secondary N) is 1. The number of piperidine rings is 1. The van der Waals surface area contributed by atoms with E-state index in [2.05, 4.69) is 55.3 Å². The number of fused-ring (bicyclic) bond motifs is 1. The molecule has 0 aliphatic carbocycles. The number of hydrogen-bond donors (Lipinski definition) is 1. The second-order valence-electron chi connectivity index (χ2n) is 9.35. The number of ether oxygens (including phenoxy) is 1. The maximum Gasteiger partial charge on any atom is 0.223 e. The van der Waals surface area contributed by atoms with Gasteiger partial charge in [0.1, 0.15) is 11.4 Å². The zero-order valence-corrected chi connectivity index (χ0v) is 18.8. The molecule has 1 N–H and O–H groups in total. The predicted molar refractivity (Wildman–Crippen MR) is 121 cm³/mol. The van der Waals surface area contributed by atoms with Crippen molar-refractivity contribution in [3.63, 3.8) is 0 Å². The minimum Gasteiger partial charge on any atom is -0.487 e. The molecule has 1 atom stereocenters. The number of halogens is 1. The first-order chi connectivity index (χ1) is 14.3. The lowest BCUT2D eigenvalue weighted by Gasteiger charge is -2.39. The van der Waals surface area contributed by atoms with Gasteiger partial charge in [0.15, 0.2) is 0 Å². The SMILES string of the molecule is Cc1ccc2c(c1)OC(C)(C)CC2NC(=O)C1CCN(Cc2cccc(Cl)c2)CC1. The van der Waals surface area contributed by atoms with Gasteiger partial charge in [0.2, 0.25) is 5.91 Å². The molecule has 0 saturated carbocycles. The number of benzene rings is 2. The summed E-state index contributed by atoms with van der Waals surface area (Å²) in [5.41, 5.74) is 3.19. The summed E-state index contributed by atoms with van der Waals surface area (Å²) in [5.74, 6) is 1.14. The molecule has 2 aromatic rings. The molecule has 4 rings (SSSR count). The van der Waals surface area contributed by atoms with E-state index in [9.17, 15) is 4.79 Å². The molecule has 0 radical (unpaired) electrons. The van der Waals surface area contributed by atoms with E-state index in [-0.39, 0.29) is 23.5 Å². The van der Waals surface area contributed by atoms with Gasteiger partial charge in [-0.1, -0.05) is 35.9 Å². The van der Waals surface area contributed by atoms with Crippen molar-refractivity contribution < 1.29 is 9.53 Å². The van der Waals surface area contributed by atoms with Crippen molar-refractivity contribution >= 4 is 17.5 Å². The second-order valence-corrected chi connectivity index (χ2v) is 9.79.